The van der Waals surface area contributed by atoms with Crippen LogP contribution in [0.3, 0.4) is 0 Å². The number of benzene rings is 1. The molecule has 0 spiro atoms. The van der Waals surface area contributed by atoms with Crippen molar-refractivity contribution in [3.63, 3.8) is 0 Å². The summed E-state index contributed by atoms with van der Waals surface area (Å²) in [6.45, 7) is 7.57. The zero-order chi connectivity index (χ0) is 13.8. The van der Waals surface area contributed by atoms with Gasteiger partial charge in [-0.2, -0.15) is 0 Å². The normalized spacial score (nSPS) is 23.7. The summed E-state index contributed by atoms with van der Waals surface area (Å²) in [5, 5.41) is 14.2. The summed E-state index contributed by atoms with van der Waals surface area (Å²) in [7, 11) is 0. The van der Waals surface area contributed by atoms with E-state index >= 15 is 0 Å². The topological polar surface area (TPSA) is 35.5 Å². The Morgan fingerprint density at radius 2 is 2.26 bits per heavy atom. The summed E-state index contributed by atoms with van der Waals surface area (Å²) >= 11 is 6.32. The lowest BCUT2D eigenvalue weighted by molar-refractivity contribution is 0.103. The first-order valence-electron chi connectivity index (χ1n) is 7.04. The lowest BCUT2D eigenvalue weighted by Crippen LogP contribution is -2.43. The third-order valence-corrected chi connectivity index (χ3v) is 4.26. The number of nitrogens with one attached hydrogen (secondary N) is 1. The van der Waals surface area contributed by atoms with Crippen molar-refractivity contribution in [2.75, 3.05) is 24.5 Å². The zero-order valence-electron chi connectivity index (χ0n) is 11.7. The maximum Gasteiger partial charge on any atom is 0.0741 e. The van der Waals surface area contributed by atoms with Gasteiger partial charge < -0.3 is 15.3 Å². The number of rotatable bonds is 4. The number of hydrogen-bond donors (Lipinski definition) is 2. The Labute approximate surface area is 120 Å². The second-order valence-electron chi connectivity index (χ2n) is 5.30. The van der Waals surface area contributed by atoms with Gasteiger partial charge in [0, 0.05) is 35.9 Å². The lowest BCUT2D eigenvalue weighted by atomic mass is 9.95. The van der Waals surface area contributed by atoms with E-state index < -0.39 is 0 Å². The Bertz CT molecular complexity index is 425. The fraction of sp³-hybridized carbons (Fsp3) is 0.600. The number of aliphatic hydroxyl groups is 1. The molecule has 106 valence electrons. The van der Waals surface area contributed by atoms with E-state index in [0.717, 1.165) is 42.3 Å². The Balaban J connectivity index is 2.21. The maximum atomic E-state index is 10.1. The van der Waals surface area contributed by atoms with E-state index in [0.29, 0.717) is 12.5 Å². The summed E-state index contributed by atoms with van der Waals surface area (Å²) < 4.78 is 0. The van der Waals surface area contributed by atoms with E-state index in [1.165, 1.54) is 0 Å². The van der Waals surface area contributed by atoms with Gasteiger partial charge >= 0.3 is 0 Å². The van der Waals surface area contributed by atoms with Crippen molar-refractivity contribution in [1.82, 2.24) is 5.32 Å². The summed E-state index contributed by atoms with van der Waals surface area (Å²) in [4.78, 5) is 2.25. The van der Waals surface area contributed by atoms with Gasteiger partial charge in [-0.15, -0.1) is 0 Å². The number of anilines is 1. The molecule has 3 nitrogen and oxygen atoms in total. The highest BCUT2D eigenvalue weighted by Gasteiger charge is 2.25. The van der Waals surface area contributed by atoms with Crippen LogP contribution in [0.1, 0.15) is 25.8 Å². The largest absolute Gasteiger partial charge is 0.391 e. The molecule has 19 heavy (non-hydrogen) atoms. The van der Waals surface area contributed by atoms with Gasteiger partial charge in [0.15, 0.2) is 0 Å². The second kappa shape index (κ2) is 6.60. The third-order valence-electron chi connectivity index (χ3n) is 3.91. The van der Waals surface area contributed by atoms with Crippen molar-refractivity contribution < 1.29 is 5.11 Å². The number of piperidine rings is 1. The standard InChI is InChI=1S/C15H23ClN2O/c1-3-17-9-12-13(16)5-4-6-14(12)18-8-7-11(2)15(19)10-18/h4-6,11,15,17,19H,3,7-10H2,1-2H3. The van der Waals surface area contributed by atoms with Gasteiger partial charge in [0.2, 0.25) is 0 Å². The number of halogens is 1. The lowest BCUT2D eigenvalue weighted by Gasteiger charge is -2.37. The van der Waals surface area contributed by atoms with Crippen LogP contribution in [0.2, 0.25) is 5.02 Å². The summed E-state index contributed by atoms with van der Waals surface area (Å²) in [6.07, 6.45) is 0.772. The quantitative estimate of drug-likeness (QED) is 0.891. The monoisotopic (exact) mass is 282 g/mol. The van der Waals surface area contributed by atoms with Crippen molar-refractivity contribution >= 4 is 17.3 Å². The Morgan fingerprint density at radius 3 is 2.95 bits per heavy atom. The van der Waals surface area contributed by atoms with E-state index in [2.05, 4.69) is 30.1 Å². The molecule has 2 unspecified atom stereocenters. The van der Waals surface area contributed by atoms with Crippen LogP contribution >= 0.6 is 11.6 Å². The molecule has 1 aromatic rings. The molecule has 2 rings (SSSR count). The van der Waals surface area contributed by atoms with E-state index in [9.17, 15) is 5.11 Å². The SMILES string of the molecule is CCNCc1c(Cl)cccc1N1CCC(C)C(O)C1. The average molecular weight is 283 g/mol. The highest BCUT2D eigenvalue weighted by Crippen LogP contribution is 2.30. The van der Waals surface area contributed by atoms with Crippen LogP contribution in [0, 0.1) is 5.92 Å². The molecular formula is C15H23ClN2O. The first kappa shape index (κ1) is 14.6. The van der Waals surface area contributed by atoms with Gasteiger partial charge in [0.25, 0.3) is 0 Å². The molecule has 1 aliphatic rings. The van der Waals surface area contributed by atoms with Crippen LogP contribution in [0.25, 0.3) is 0 Å². The molecule has 4 heteroatoms. The van der Waals surface area contributed by atoms with Crippen LogP contribution < -0.4 is 10.2 Å². The van der Waals surface area contributed by atoms with Crippen LogP contribution in [0.4, 0.5) is 5.69 Å². The van der Waals surface area contributed by atoms with Gasteiger partial charge in [-0.3, -0.25) is 0 Å². The van der Waals surface area contributed by atoms with Crippen molar-refractivity contribution in [1.29, 1.82) is 0 Å². The molecule has 1 heterocycles. The van der Waals surface area contributed by atoms with E-state index in [-0.39, 0.29) is 6.10 Å². The smallest absolute Gasteiger partial charge is 0.0741 e. The molecule has 1 fully saturated rings. The molecule has 0 saturated carbocycles. The summed E-state index contributed by atoms with van der Waals surface area (Å²) in [5.74, 6) is 0.382. The summed E-state index contributed by atoms with van der Waals surface area (Å²) in [6, 6.07) is 6.01. The summed E-state index contributed by atoms with van der Waals surface area (Å²) in [5.41, 5.74) is 2.28. The molecule has 2 N–H and O–H groups in total. The predicted octanol–water partition coefficient (Wildman–Crippen LogP) is 2.66. The second-order valence-corrected chi connectivity index (χ2v) is 5.70. The highest BCUT2D eigenvalue weighted by atomic mass is 35.5. The fourth-order valence-corrected chi connectivity index (χ4v) is 2.77. The van der Waals surface area contributed by atoms with Crippen molar-refractivity contribution in [2.24, 2.45) is 5.92 Å². The Hall–Kier alpha value is -0.770. The van der Waals surface area contributed by atoms with E-state index in [1.807, 2.05) is 12.1 Å². The minimum absolute atomic E-state index is 0.250. The van der Waals surface area contributed by atoms with Crippen LogP contribution in [-0.2, 0) is 6.54 Å². The molecule has 0 amide bonds. The molecule has 0 aliphatic carbocycles. The molecule has 1 saturated heterocycles. The van der Waals surface area contributed by atoms with Gasteiger partial charge in [0.1, 0.15) is 0 Å². The van der Waals surface area contributed by atoms with E-state index in [4.69, 9.17) is 11.6 Å². The Morgan fingerprint density at radius 1 is 1.47 bits per heavy atom. The molecule has 0 aromatic heterocycles. The highest BCUT2D eigenvalue weighted by molar-refractivity contribution is 6.31. The minimum atomic E-state index is -0.250. The first-order valence-corrected chi connectivity index (χ1v) is 7.42. The van der Waals surface area contributed by atoms with Gasteiger partial charge in [-0.05, 0) is 31.0 Å². The van der Waals surface area contributed by atoms with Crippen LogP contribution in [0.15, 0.2) is 18.2 Å². The predicted molar refractivity (Wildman–Crippen MR) is 80.8 cm³/mol. The molecule has 0 radical (unpaired) electrons. The van der Waals surface area contributed by atoms with Crippen LogP contribution in [-0.4, -0.2) is 30.8 Å². The Kier molecular flexibility index (Phi) is 5.08. The minimum Gasteiger partial charge on any atom is -0.391 e. The average Bonchev–Trinajstić information content (AvgIpc) is 2.40. The maximum absolute atomic E-state index is 10.1. The molecule has 1 aromatic carbocycles. The number of nitrogens with zero attached hydrogens (tertiary/aromatic N) is 1. The zero-order valence-corrected chi connectivity index (χ0v) is 12.5. The fourth-order valence-electron chi connectivity index (χ4n) is 2.54. The molecule has 0 bridgehead atoms. The number of hydrogen-bond acceptors (Lipinski definition) is 3. The first-order chi connectivity index (χ1) is 9.13. The van der Waals surface area contributed by atoms with Crippen molar-refractivity contribution in [2.45, 2.75) is 32.9 Å². The molecule has 2 atom stereocenters. The molecular weight excluding hydrogens is 260 g/mol. The van der Waals surface area contributed by atoms with Gasteiger partial charge in [-0.25, -0.2) is 0 Å². The number of β-amino-alcohol motifs (C(OH)–C–C–N with tert-alkyl or cyclic N) is 1. The van der Waals surface area contributed by atoms with Gasteiger partial charge in [0.05, 0.1) is 6.10 Å². The number of aliphatic hydroxyl groups excluding tert-OH is 1. The van der Waals surface area contributed by atoms with Crippen LogP contribution in [0.5, 0.6) is 0 Å². The third kappa shape index (κ3) is 3.41. The molecule has 1 aliphatic heterocycles. The van der Waals surface area contributed by atoms with Crippen molar-refractivity contribution in [3.05, 3.63) is 28.8 Å². The van der Waals surface area contributed by atoms with E-state index in [1.54, 1.807) is 0 Å². The van der Waals surface area contributed by atoms with Crippen molar-refractivity contribution in [3.8, 4) is 0 Å². The van der Waals surface area contributed by atoms with Gasteiger partial charge in [-0.1, -0.05) is 31.5 Å².